The first kappa shape index (κ1) is 19.5. The van der Waals surface area contributed by atoms with Crippen LogP contribution in [-0.2, 0) is 13.0 Å². The third kappa shape index (κ3) is 6.58. The number of hydrogen-bond acceptors (Lipinski definition) is 3. The molecule has 140 valence electrons. The van der Waals surface area contributed by atoms with Gasteiger partial charge in [-0.2, -0.15) is 8.78 Å². The lowest BCUT2D eigenvalue weighted by Gasteiger charge is -2.13. The Morgan fingerprint density at radius 1 is 1.04 bits per heavy atom. The molecule has 0 aromatic heterocycles. The number of alkyl halides is 2. The Morgan fingerprint density at radius 2 is 1.81 bits per heavy atom. The molecule has 26 heavy (non-hydrogen) atoms. The highest BCUT2D eigenvalue weighted by atomic mass is 19.3. The maximum atomic E-state index is 12.3. The van der Waals surface area contributed by atoms with Crippen molar-refractivity contribution >= 4 is 5.96 Å². The van der Waals surface area contributed by atoms with Crippen molar-refractivity contribution in [3.63, 3.8) is 0 Å². The molecule has 0 heterocycles. The summed E-state index contributed by atoms with van der Waals surface area (Å²) in [5, 5.41) is 6.37. The van der Waals surface area contributed by atoms with Gasteiger partial charge < -0.3 is 20.1 Å². The highest BCUT2D eigenvalue weighted by Crippen LogP contribution is 2.15. The summed E-state index contributed by atoms with van der Waals surface area (Å²) in [7, 11) is 3.32. The summed E-state index contributed by atoms with van der Waals surface area (Å²) in [5.74, 6) is 1.61. The molecular weight excluding hydrogens is 340 g/mol. The second-order valence-electron chi connectivity index (χ2n) is 5.48. The molecule has 2 rings (SSSR count). The summed E-state index contributed by atoms with van der Waals surface area (Å²) in [6, 6.07) is 14.5. The predicted octanol–water partition coefficient (Wildman–Crippen LogP) is 3.20. The monoisotopic (exact) mass is 363 g/mol. The fourth-order valence-corrected chi connectivity index (χ4v) is 2.36. The molecule has 2 aromatic carbocycles. The average Bonchev–Trinajstić information content (AvgIpc) is 2.65. The van der Waals surface area contributed by atoms with Gasteiger partial charge >= 0.3 is 6.61 Å². The molecule has 2 aromatic rings. The lowest BCUT2D eigenvalue weighted by Crippen LogP contribution is -2.37. The Balaban J connectivity index is 1.78. The van der Waals surface area contributed by atoms with Gasteiger partial charge in [-0.15, -0.1) is 0 Å². The van der Waals surface area contributed by atoms with E-state index in [9.17, 15) is 8.78 Å². The van der Waals surface area contributed by atoms with Crippen LogP contribution in [0.3, 0.4) is 0 Å². The predicted molar refractivity (Wildman–Crippen MR) is 98.0 cm³/mol. The number of aliphatic imine (C=N–C) groups is 1. The number of guanidine groups is 1. The van der Waals surface area contributed by atoms with Gasteiger partial charge in [0.2, 0.25) is 0 Å². The normalized spacial score (nSPS) is 11.3. The Kier molecular flexibility index (Phi) is 7.67. The molecule has 0 fully saturated rings. The zero-order chi connectivity index (χ0) is 18.8. The van der Waals surface area contributed by atoms with Gasteiger partial charge in [-0.05, 0) is 41.8 Å². The quantitative estimate of drug-likeness (QED) is 0.559. The molecule has 0 spiro atoms. The van der Waals surface area contributed by atoms with Crippen LogP contribution in [-0.4, -0.2) is 33.3 Å². The second kappa shape index (κ2) is 10.2. The van der Waals surface area contributed by atoms with E-state index in [1.807, 2.05) is 30.3 Å². The van der Waals surface area contributed by atoms with Crippen molar-refractivity contribution in [3.05, 3.63) is 59.7 Å². The largest absolute Gasteiger partial charge is 0.497 e. The van der Waals surface area contributed by atoms with Gasteiger partial charge in [0, 0.05) is 20.1 Å². The van der Waals surface area contributed by atoms with E-state index in [4.69, 9.17) is 4.74 Å². The Labute approximate surface area is 152 Å². The summed E-state index contributed by atoms with van der Waals surface area (Å²) in [6.45, 7) is -1.67. The third-order valence-corrected chi connectivity index (χ3v) is 3.67. The topological polar surface area (TPSA) is 54.9 Å². The highest BCUT2D eigenvalue weighted by Gasteiger charge is 2.05. The summed E-state index contributed by atoms with van der Waals surface area (Å²) in [6.07, 6.45) is 0.836. The number of nitrogens with one attached hydrogen (secondary N) is 2. The van der Waals surface area contributed by atoms with Crippen LogP contribution in [0, 0.1) is 0 Å². The molecule has 0 amide bonds. The smallest absolute Gasteiger partial charge is 0.387 e. The molecule has 5 nitrogen and oxygen atoms in total. The summed E-state index contributed by atoms with van der Waals surface area (Å²) < 4.78 is 34.1. The number of ether oxygens (including phenoxy) is 2. The Hall–Kier alpha value is -2.83. The molecule has 2 N–H and O–H groups in total. The van der Waals surface area contributed by atoms with Gasteiger partial charge in [-0.3, -0.25) is 4.99 Å². The standard InChI is InChI=1S/C19H23F2N3O2/c1-22-19(23-11-10-14-6-8-16(25-2)9-7-14)24-13-15-4-3-5-17(12-15)26-18(20)21/h3-9,12,18H,10-11,13H2,1-2H3,(H2,22,23,24). The molecule has 7 heteroatoms. The van der Waals surface area contributed by atoms with Crippen molar-refractivity contribution in [1.29, 1.82) is 0 Å². The van der Waals surface area contributed by atoms with Crippen molar-refractivity contribution in [3.8, 4) is 11.5 Å². The van der Waals surface area contributed by atoms with Crippen molar-refractivity contribution < 1.29 is 18.3 Å². The van der Waals surface area contributed by atoms with Crippen LogP contribution in [0.25, 0.3) is 0 Å². The van der Waals surface area contributed by atoms with E-state index in [-0.39, 0.29) is 5.75 Å². The Bertz CT molecular complexity index is 706. The SMILES string of the molecule is CN=C(NCCc1ccc(OC)cc1)NCc1cccc(OC(F)F)c1. The van der Waals surface area contributed by atoms with E-state index in [1.54, 1.807) is 26.3 Å². The van der Waals surface area contributed by atoms with Crippen molar-refractivity contribution in [1.82, 2.24) is 10.6 Å². The van der Waals surface area contributed by atoms with E-state index in [0.29, 0.717) is 19.0 Å². The van der Waals surface area contributed by atoms with Gasteiger partial charge in [-0.1, -0.05) is 24.3 Å². The van der Waals surface area contributed by atoms with E-state index in [1.165, 1.54) is 11.6 Å². The van der Waals surface area contributed by atoms with Crippen molar-refractivity contribution in [2.24, 2.45) is 4.99 Å². The maximum Gasteiger partial charge on any atom is 0.387 e. The lowest BCUT2D eigenvalue weighted by atomic mass is 10.1. The number of rotatable bonds is 8. The average molecular weight is 363 g/mol. The van der Waals surface area contributed by atoms with E-state index in [2.05, 4.69) is 20.4 Å². The van der Waals surface area contributed by atoms with Crippen LogP contribution in [0.1, 0.15) is 11.1 Å². The maximum absolute atomic E-state index is 12.3. The lowest BCUT2D eigenvalue weighted by molar-refractivity contribution is -0.0498. The van der Waals surface area contributed by atoms with Gasteiger partial charge in [-0.25, -0.2) is 0 Å². The molecule has 0 saturated carbocycles. The zero-order valence-electron chi connectivity index (χ0n) is 14.8. The number of hydrogen-bond donors (Lipinski definition) is 2. The first-order valence-corrected chi connectivity index (χ1v) is 8.22. The third-order valence-electron chi connectivity index (χ3n) is 3.67. The molecule has 0 saturated heterocycles. The van der Waals surface area contributed by atoms with Gasteiger partial charge in [0.05, 0.1) is 7.11 Å². The van der Waals surface area contributed by atoms with E-state index < -0.39 is 6.61 Å². The van der Waals surface area contributed by atoms with E-state index in [0.717, 1.165) is 17.7 Å². The molecule has 0 radical (unpaired) electrons. The molecule has 0 aliphatic rings. The molecule has 0 atom stereocenters. The first-order valence-electron chi connectivity index (χ1n) is 8.22. The highest BCUT2D eigenvalue weighted by molar-refractivity contribution is 5.79. The Morgan fingerprint density at radius 3 is 2.46 bits per heavy atom. The van der Waals surface area contributed by atoms with E-state index >= 15 is 0 Å². The second-order valence-corrected chi connectivity index (χ2v) is 5.48. The van der Waals surface area contributed by atoms with Crippen LogP contribution < -0.4 is 20.1 Å². The fraction of sp³-hybridized carbons (Fsp3) is 0.316. The molecule has 0 bridgehead atoms. The minimum absolute atomic E-state index is 0.141. The first-order chi connectivity index (χ1) is 12.6. The van der Waals surface area contributed by atoms with Crippen molar-refractivity contribution in [2.45, 2.75) is 19.6 Å². The molecule has 0 aliphatic heterocycles. The summed E-state index contributed by atoms with van der Waals surface area (Å²) in [5.41, 5.74) is 2.01. The minimum Gasteiger partial charge on any atom is -0.497 e. The van der Waals surface area contributed by atoms with Gasteiger partial charge in [0.1, 0.15) is 11.5 Å². The fourth-order valence-electron chi connectivity index (χ4n) is 2.36. The van der Waals surface area contributed by atoms with Crippen molar-refractivity contribution in [2.75, 3.05) is 20.7 Å². The minimum atomic E-state index is -2.83. The number of nitrogens with zero attached hydrogens (tertiary/aromatic N) is 1. The number of benzene rings is 2. The summed E-state index contributed by atoms with van der Waals surface area (Å²) >= 11 is 0. The van der Waals surface area contributed by atoms with Crippen LogP contribution in [0.4, 0.5) is 8.78 Å². The molecular formula is C19H23F2N3O2. The van der Waals surface area contributed by atoms with Crippen LogP contribution in [0.15, 0.2) is 53.5 Å². The zero-order valence-corrected chi connectivity index (χ0v) is 14.8. The van der Waals surface area contributed by atoms with Gasteiger partial charge in [0.25, 0.3) is 0 Å². The number of methoxy groups -OCH3 is 1. The van der Waals surface area contributed by atoms with Crippen LogP contribution in [0.5, 0.6) is 11.5 Å². The number of halogens is 2. The summed E-state index contributed by atoms with van der Waals surface area (Å²) in [4.78, 5) is 4.16. The van der Waals surface area contributed by atoms with Crippen LogP contribution >= 0.6 is 0 Å². The molecule has 0 aliphatic carbocycles. The van der Waals surface area contributed by atoms with Crippen LogP contribution in [0.2, 0.25) is 0 Å². The molecule has 0 unspecified atom stereocenters. The van der Waals surface area contributed by atoms with Gasteiger partial charge in [0.15, 0.2) is 5.96 Å².